The number of aromatic nitrogens is 1. The predicted octanol–water partition coefficient (Wildman–Crippen LogP) is 4.66. The average molecular weight is 465 g/mol. The van der Waals surface area contributed by atoms with Crippen molar-refractivity contribution in [2.24, 2.45) is 10.7 Å². The highest BCUT2D eigenvalue weighted by Gasteiger charge is 2.50. The number of halogens is 6. The summed E-state index contributed by atoms with van der Waals surface area (Å²) in [5.41, 5.74) is 3.43. The fourth-order valence-electron chi connectivity index (χ4n) is 2.97. The number of carbonyl (C=O) groups is 1. The minimum Gasteiger partial charge on any atom is -0.452 e. The number of anilines is 1. The zero-order valence-electron chi connectivity index (χ0n) is 15.2. The number of nitrogens with zero attached hydrogens (tertiary/aromatic N) is 2. The number of alkyl halides is 3. The largest absolute Gasteiger partial charge is 0.452 e. The molecule has 30 heavy (non-hydrogen) atoms. The van der Waals surface area contributed by atoms with Gasteiger partial charge in [-0.2, -0.15) is 13.2 Å². The first-order chi connectivity index (χ1) is 13.9. The summed E-state index contributed by atoms with van der Waals surface area (Å²) >= 11 is 11.6. The van der Waals surface area contributed by atoms with Crippen LogP contribution in [0.5, 0.6) is 0 Å². The van der Waals surface area contributed by atoms with Crippen molar-refractivity contribution in [3.63, 3.8) is 0 Å². The van der Waals surface area contributed by atoms with E-state index in [0.717, 1.165) is 12.1 Å². The Bertz CT molecular complexity index is 1010. The third-order valence-electron chi connectivity index (χ3n) is 4.39. The monoisotopic (exact) mass is 464 g/mol. The molecule has 0 bridgehead atoms. The van der Waals surface area contributed by atoms with Gasteiger partial charge in [-0.25, -0.2) is 14.4 Å². The molecule has 1 aliphatic heterocycles. The van der Waals surface area contributed by atoms with Gasteiger partial charge < -0.3 is 15.8 Å². The van der Waals surface area contributed by atoms with Crippen LogP contribution in [0.1, 0.15) is 29.4 Å². The number of hydrogen-bond acceptors (Lipinski definition) is 5. The van der Waals surface area contributed by atoms with Crippen molar-refractivity contribution in [1.82, 2.24) is 4.98 Å². The van der Waals surface area contributed by atoms with E-state index in [4.69, 9.17) is 28.9 Å². The van der Waals surface area contributed by atoms with Gasteiger partial charge in [0, 0.05) is 23.9 Å². The van der Waals surface area contributed by atoms with Crippen molar-refractivity contribution in [1.29, 1.82) is 0 Å². The van der Waals surface area contributed by atoms with Crippen LogP contribution in [0.2, 0.25) is 10.0 Å². The van der Waals surface area contributed by atoms with Gasteiger partial charge in [0.05, 0.1) is 15.6 Å². The quantitative estimate of drug-likeness (QED) is 0.646. The van der Waals surface area contributed by atoms with Gasteiger partial charge in [-0.05, 0) is 31.2 Å². The topological polar surface area (TPSA) is 89.6 Å². The van der Waals surface area contributed by atoms with Crippen molar-refractivity contribution in [3.05, 3.63) is 57.6 Å². The molecule has 0 spiro atoms. The van der Waals surface area contributed by atoms with E-state index in [0.29, 0.717) is 5.02 Å². The molecule has 0 aliphatic carbocycles. The third kappa shape index (κ3) is 4.59. The van der Waals surface area contributed by atoms with Gasteiger partial charge in [0.25, 0.3) is 11.9 Å². The summed E-state index contributed by atoms with van der Waals surface area (Å²) in [6.07, 6.45) is -6.50. The molecule has 3 rings (SSSR count). The SMILES string of the molecule is C[C@]1(c2cc(NC(=O)c3ccc(Cl)cn3)cc(Cl)c2F)C[C@@H](C(F)(F)F)OC(N)=N1. The molecule has 0 saturated heterocycles. The molecule has 0 unspecified atom stereocenters. The van der Waals surface area contributed by atoms with Gasteiger partial charge in [0.15, 0.2) is 6.10 Å². The van der Waals surface area contributed by atoms with Crippen molar-refractivity contribution < 1.29 is 27.1 Å². The van der Waals surface area contributed by atoms with Crippen LogP contribution in [0, 0.1) is 5.82 Å². The van der Waals surface area contributed by atoms with Crippen LogP contribution in [-0.4, -0.2) is 29.2 Å². The Morgan fingerprint density at radius 2 is 2.03 bits per heavy atom. The molecule has 1 aliphatic rings. The Hall–Kier alpha value is -2.59. The average Bonchev–Trinajstić information content (AvgIpc) is 2.63. The smallest absolute Gasteiger partial charge is 0.425 e. The highest BCUT2D eigenvalue weighted by molar-refractivity contribution is 6.31. The standard InChI is InChI=1S/C18H14Cl2F4N4O2/c1-17(6-13(18(22,23)24)30-16(25)28-17)10-4-9(5-11(20)14(10)21)27-15(29)12-3-2-8(19)7-26-12/h2-5,7,13H,6H2,1H3,(H2,25,28)(H,27,29)/t13-,17+/m0/s1. The second-order valence-corrected chi connectivity index (χ2v) is 7.56. The number of pyridine rings is 1. The zero-order chi connectivity index (χ0) is 22.3. The second kappa shape index (κ2) is 7.92. The number of rotatable bonds is 3. The number of ether oxygens (including phenoxy) is 1. The lowest BCUT2D eigenvalue weighted by molar-refractivity contribution is -0.208. The molecular formula is C18H14Cl2F4N4O2. The molecule has 0 fully saturated rings. The maximum atomic E-state index is 14.8. The van der Waals surface area contributed by atoms with Gasteiger partial charge in [-0.1, -0.05) is 23.2 Å². The van der Waals surface area contributed by atoms with E-state index >= 15 is 0 Å². The Labute approximate surface area is 178 Å². The first kappa shape index (κ1) is 22.1. The first-order valence-corrected chi connectivity index (χ1v) is 9.16. The van der Waals surface area contributed by atoms with Gasteiger partial charge >= 0.3 is 6.18 Å². The number of hydrogen-bond donors (Lipinski definition) is 2. The van der Waals surface area contributed by atoms with Crippen LogP contribution >= 0.6 is 23.2 Å². The van der Waals surface area contributed by atoms with E-state index in [2.05, 4.69) is 20.0 Å². The Morgan fingerprint density at radius 3 is 2.63 bits per heavy atom. The molecule has 2 atom stereocenters. The van der Waals surface area contributed by atoms with E-state index in [1.807, 2.05) is 0 Å². The first-order valence-electron chi connectivity index (χ1n) is 8.40. The van der Waals surface area contributed by atoms with Crippen LogP contribution in [0.15, 0.2) is 35.5 Å². The molecule has 1 aromatic heterocycles. The molecule has 2 aromatic rings. The molecule has 1 amide bonds. The summed E-state index contributed by atoms with van der Waals surface area (Å²) in [7, 11) is 0. The van der Waals surface area contributed by atoms with E-state index in [-0.39, 0.29) is 16.9 Å². The summed E-state index contributed by atoms with van der Waals surface area (Å²) in [6.45, 7) is 1.27. The minimum atomic E-state index is -4.74. The number of nitrogens with one attached hydrogen (secondary N) is 1. The predicted molar refractivity (Wildman–Crippen MR) is 103 cm³/mol. The summed E-state index contributed by atoms with van der Waals surface area (Å²) in [5, 5.41) is 2.37. The fourth-order valence-corrected chi connectivity index (χ4v) is 3.31. The van der Waals surface area contributed by atoms with E-state index in [1.165, 1.54) is 25.3 Å². The summed E-state index contributed by atoms with van der Waals surface area (Å²) in [6, 6.07) is 4.34. The Kier molecular flexibility index (Phi) is 5.83. The van der Waals surface area contributed by atoms with E-state index in [1.54, 1.807) is 0 Å². The van der Waals surface area contributed by atoms with Crippen LogP contribution < -0.4 is 11.1 Å². The van der Waals surface area contributed by atoms with Gasteiger partial charge in [-0.3, -0.25) is 4.79 Å². The van der Waals surface area contributed by atoms with Crippen LogP contribution in [-0.2, 0) is 10.3 Å². The number of nitrogens with two attached hydrogens (primary N) is 1. The maximum absolute atomic E-state index is 14.8. The molecule has 2 heterocycles. The summed E-state index contributed by atoms with van der Waals surface area (Å²) < 4.78 is 58.9. The summed E-state index contributed by atoms with van der Waals surface area (Å²) in [4.78, 5) is 20.1. The van der Waals surface area contributed by atoms with Crippen molar-refractivity contribution in [2.75, 3.05) is 5.32 Å². The van der Waals surface area contributed by atoms with Crippen molar-refractivity contribution in [3.8, 4) is 0 Å². The number of carbonyl (C=O) groups excluding carboxylic acids is 1. The Morgan fingerprint density at radius 1 is 1.33 bits per heavy atom. The molecule has 3 N–H and O–H groups in total. The molecule has 12 heteroatoms. The van der Waals surface area contributed by atoms with Gasteiger partial charge in [0.1, 0.15) is 11.5 Å². The number of benzene rings is 1. The van der Waals surface area contributed by atoms with Crippen LogP contribution in [0.25, 0.3) is 0 Å². The lowest BCUT2D eigenvalue weighted by Crippen LogP contribution is -2.46. The molecule has 0 saturated carbocycles. The maximum Gasteiger partial charge on any atom is 0.425 e. The Balaban J connectivity index is 1.97. The van der Waals surface area contributed by atoms with Crippen LogP contribution in [0.3, 0.4) is 0 Å². The highest BCUT2D eigenvalue weighted by Crippen LogP contribution is 2.42. The lowest BCUT2D eigenvalue weighted by atomic mass is 9.85. The van der Waals surface area contributed by atoms with Gasteiger partial charge in [-0.15, -0.1) is 0 Å². The van der Waals surface area contributed by atoms with Crippen molar-refractivity contribution >= 4 is 40.8 Å². The molecule has 160 valence electrons. The van der Waals surface area contributed by atoms with Gasteiger partial charge in [0.2, 0.25) is 0 Å². The fraction of sp³-hybridized carbons (Fsp3) is 0.278. The zero-order valence-corrected chi connectivity index (χ0v) is 16.7. The number of amidine groups is 1. The van der Waals surface area contributed by atoms with Crippen LogP contribution in [0.4, 0.5) is 23.2 Å². The highest BCUT2D eigenvalue weighted by atomic mass is 35.5. The lowest BCUT2D eigenvalue weighted by Gasteiger charge is -2.36. The normalized spacial score (nSPS) is 21.6. The third-order valence-corrected chi connectivity index (χ3v) is 4.89. The number of aliphatic imine (C=N–C) groups is 1. The number of amides is 1. The second-order valence-electron chi connectivity index (χ2n) is 6.71. The molecule has 6 nitrogen and oxygen atoms in total. The van der Waals surface area contributed by atoms with E-state index < -0.39 is 47.0 Å². The van der Waals surface area contributed by atoms with Crippen molar-refractivity contribution in [2.45, 2.75) is 31.2 Å². The molecular weight excluding hydrogens is 451 g/mol. The summed E-state index contributed by atoms with van der Waals surface area (Å²) in [5.74, 6) is -1.64. The van der Waals surface area contributed by atoms with E-state index in [9.17, 15) is 22.4 Å². The molecule has 1 aromatic carbocycles. The minimum absolute atomic E-state index is 0.0121. The molecule has 0 radical (unpaired) electrons.